The van der Waals surface area contributed by atoms with Crippen LogP contribution < -0.4 is 10.1 Å². The van der Waals surface area contributed by atoms with E-state index in [0.29, 0.717) is 12.3 Å². The van der Waals surface area contributed by atoms with Gasteiger partial charge in [-0.25, -0.2) is 0 Å². The van der Waals surface area contributed by atoms with Crippen LogP contribution in [0.2, 0.25) is 0 Å². The van der Waals surface area contributed by atoms with Gasteiger partial charge in [-0.05, 0) is 62.5 Å². The Balaban J connectivity index is 2.03. The van der Waals surface area contributed by atoms with Crippen LogP contribution in [-0.4, -0.2) is 26.0 Å². The molecule has 1 aliphatic heterocycles. The molecule has 1 aromatic carbocycles. The molecule has 3 heteroatoms. The van der Waals surface area contributed by atoms with E-state index in [0.717, 1.165) is 36.4 Å². The molecule has 0 radical (unpaired) electrons. The molecule has 1 heterocycles. The van der Waals surface area contributed by atoms with E-state index in [-0.39, 0.29) is 5.78 Å². The number of Topliss-reactive ketones (excluding diaryl/α,β-unsaturated/α-hetero) is 1. The number of methoxy groups -OCH3 is 1. The standard InChI is InChI=1S/C15H21NO2/c1-11-8-13(18-2)5-6-14(11)15(17)9-12-4-3-7-16-10-12/h5-6,8,12,16H,3-4,7,9-10H2,1-2H3. The van der Waals surface area contributed by atoms with Crippen LogP contribution in [0.25, 0.3) is 0 Å². The summed E-state index contributed by atoms with van der Waals surface area (Å²) in [5.74, 6) is 1.56. The van der Waals surface area contributed by atoms with Crippen LogP contribution in [0.1, 0.15) is 35.2 Å². The summed E-state index contributed by atoms with van der Waals surface area (Å²) >= 11 is 0. The predicted molar refractivity (Wildman–Crippen MR) is 72.3 cm³/mol. The lowest BCUT2D eigenvalue weighted by Gasteiger charge is -2.22. The molecule has 1 aromatic rings. The average molecular weight is 247 g/mol. The van der Waals surface area contributed by atoms with Crippen molar-refractivity contribution in [2.24, 2.45) is 5.92 Å². The van der Waals surface area contributed by atoms with Crippen molar-refractivity contribution in [2.75, 3.05) is 20.2 Å². The van der Waals surface area contributed by atoms with Crippen LogP contribution >= 0.6 is 0 Å². The van der Waals surface area contributed by atoms with E-state index in [1.165, 1.54) is 6.42 Å². The molecule has 1 saturated heterocycles. The van der Waals surface area contributed by atoms with E-state index in [1.807, 2.05) is 25.1 Å². The molecular weight excluding hydrogens is 226 g/mol. The molecule has 0 saturated carbocycles. The van der Waals surface area contributed by atoms with Crippen molar-refractivity contribution in [2.45, 2.75) is 26.2 Å². The molecule has 98 valence electrons. The van der Waals surface area contributed by atoms with Gasteiger partial charge in [0, 0.05) is 12.0 Å². The van der Waals surface area contributed by atoms with E-state index in [4.69, 9.17) is 4.74 Å². The molecule has 1 unspecified atom stereocenters. The first-order chi connectivity index (χ1) is 8.70. The van der Waals surface area contributed by atoms with Gasteiger partial charge in [-0.15, -0.1) is 0 Å². The third-order valence-electron chi connectivity index (χ3n) is 3.61. The summed E-state index contributed by atoms with van der Waals surface area (Å²) in [7, 11) is 1.64. The molecule has 1 atom stereocenters. The van der Waals surface area contributed by atoms with Crippen molar-refractivity contribution in [3.63, 3.8) is 0 Å². The number of carbonyl (C=O) groups excluding carboxylic acids is 1. The number of ether oxygens (including phenoxy) is 1. The van der Waals surface area contributed by atoms with Crippen LogP contribution in [0.5, 0.6) is 5.75 Å². The molecule has 0 aliphatic carbocycles. The maximum atomic E-state index is 12.3. The molecule has 2 rings (SSSR count). The van der Waals surface area contributed by atoms with Crippen molar-refractivity contribution in [1.29, 1.82) is 0 Å². The minimum absolute atomic E-state index is 0.254. The Labute approximate surface area is 109 Å². The minimum Gasteiger partial charge on any atom is -0.497 e. The molecule has 1 fully saturated rings. The normalized spacial score (nSPS) is 19.6. The molecule has 0 amide bonds. The van der Waals surface area contributed by atoms with Crippen LogP contribution in [0.3, 0.4) is 0 Å². The predicted octanol–water partition coefficient (Wildman–Crippen LogP) is 2.58. The number of benzene rings is 1. The lowest BCUT2D eigenvalue weighted by atomic mass is 9.90. The highest BCUT2D eigenvalue weighted by Gasteiger charge is 2.18. The number of hydrogen-bond acceptors (Lipinski definition) is 3. The highest BCUT2D eigenvalue weighted by Crippen LogP contribution is 2.21. The zero-order valence-electron chi connectivity index (χ0n) is 11.2. The zero-order valence-corrected chi connectivity index (χ0v) is 11.2. The molecule has 0 aromatic heterocycles. The fourth-order valence-corrected chi connectivity index (χ4v) is 2.55. The molecule has 1 aliphatic rings. The third kappa shape index (κ3) is 3.10. The first-order valence-electron chi connectivity index (χ1n) is 6.59. The van der Waals surface area contributed by atoms with Crippen LogP contribution in [0, 0.1) is 12.8 Å². The van der Waals surface area contributed by atoms with Crippen molar-refractivity contribution in [1.82, 2.24) is 5.32 Å². The van der Waals surface area contributed by atoms with E-state index in [2.05, 4.69) is 5.32 Å². The van der Waals surface area contributed by atoms with Gasteiger partial charge >= 0.3 is 0 Å². The minimum atomic E-state index is 0.254. The fraction of sp³-hybridized carbons (Fsp3) is 0.533. The molecule has 18 heavy (non-hydrogen) atoms. The Morgan fingerprint density at radius 2 is 2.33 bits per heavy atom. The topological polar surface area (TPSA) is 38.3 Å². The van der Waals surface area contributed by atoms with Crippen molar-refractivity contribution < 1.29 is 9.53 Å². The van der Waals surface area contributed by atoms with Crippen LogP contribution in [-0.2, 0) is 0 Å². The first-order valence-corrected chi connectivity index (χ1v) is 6.59. The lowest BCUT2D eigenvalue weighted by Crippen LogP contribution is -2.31. The zero-order chi connectivity index (χ0) is 13.0. The van der Waals surface area contributed by atoms with Crippen LogP contribution in [0.15, 0.2) is 18.2 Å². The summed E-state index contributed by atoms with van der Waals surface area (Å²) in [4.78, 5) is 12.3. The Bertz CT molecular complexity index is 423. The van der Waals surface area contributed by atoms with Crippen LogP contribution in [0.4, 0.5) is 0 Å². The van der Waals surface area contributed by atoms with E-state index in [9.17, 15) is 4.79 Å². The Morgan fingerprint density at radius 1 is 1.50 bits per heavy atom. The third-order valence-corrected chi connectivity index (χ3v) is 3.61. The summed E-state index contributed by atoms with van der Waals surface area (Å²) in [5.41, 5.74) is 1.84. The first kappa shape index (κ1) is 13.1. The Kier molecular flexibility index (Phi) is 4.37. The van der Waals surface area contributed by atoms with Crippen molar-refractivity contribution >= 4 is 5.78 Å². The summed E-state index contributed by atoms with van der Waals surface area (Å²) in [6.07, 6.45) is 2.99. The average Bonchev–Trinajstić information content (AvgIpc) is 2.39. The monoisotopic (exact) mass is 247 g/mol. The second-order valence-electron chi connectivity index (χ2n) is 5.02. The van der Waals surface area contributed by atoms with Gasteiger partial charge in [-0.1, -0.05) is 0 Å². The number of hydrogen-bond donors (Lipinski definition) is 1. The van der Waals surface area contributed by atoms with Gasteiger partial charge in [0.2, 0.25) is 0 Å². The molecule has 0 spiro atoms. The van der Waals surface area contributed by atoms with Gasteiger partial charge in [-0.3, -0.25) is 4.79 Å². The van der Waals surface area contributed by atoms with E-state index < -0.39 is 0 Å². The Hall–Kier alpha value is -1.35. The van der Waals surface area contributed by atoms with Gasteiger partial charge in [0.15, 0.2) is 5.78 Å². The molecule has 0 bridgehead atoms. The summed E-state index contributed by atoms with van der Waals surface area (Å²) in [5, 5.41) is 3.35. The number of piperidine rings is 1. The summed E-state index contributed by atoms with van der Waals surface area (Å²) < 4.78 is 5.16. The lowest BCUT2D eigenvalue weighted by molar-refractivity contribution is 0.0953. The smallest absolute Gasteiger partial charge is 0.163 e. The SMILES string of the molecule is COc1ccc(C(=O)CC2CCCNC2)c(C)c1. The van der Waals surface area contributed by atoms with Gasteiger partial charge in [0.05, 0.1) is 7.11 Å². The summed E-state index contributed by atoms with van der Waals surface area (Å²) in [6, 6.07) is 5.67. The molecular formula is C15H21NO2. The number of ketones is 1. The fourth-order valence-electron chi connectivity index (χ4n) is 2.55. The van der Waals surface area contributed by atoms with Gasteiger partial charge < -0.3 is 10.1 Å². The summed E-state index contributed by atoms with van der Waals surface area (Å²) in [6.45, 7) is 4.03. The number of aryl methyl sites for hydroxylation is 1. The van der Waals surface area contributed by atoms with Gasteiger partial charge in [0.25, 0.3) is 0 Å². The van der Waals surface area contributed by atoms with Crippen molar-refractivity contribution in [3.05, 3.63) is 29.3 Å². The quantitative estimate of drug-likeness (QED) is 0.831. The van der Waals surface area contributed by atoms with Gasteiger partial charge in [0.1, 0.15) is 5.75 Å². The number of nitrogens with one attached hydrogen (secondary N) is 1. The maximum Gasteiger partial charge on any atom is 0.163 e. The number of rotatable bonds is 4. The maximum absolute atomic E-state index is 12.3. The largest absolute Gasteiger partial charge is 0.497 e. The van der Waals surface area contributed by atoms with Crippen molar-refractivity contribution in [3.8, 4) is 5.75 Å². The second-order valence-corrected chi connectivity index (χ2v) is 5.02. The highest BCUT2D eigenvalue weighted by atomic mass is 16.5. The second kappa shape index (κ2) is 6.01. The molecule has 1 N–H and O–H groups in total. The molecule has 3 nitrogen and oxygen atoms in total. The highest BCUT2D eigenvalue weighted by molar-refractivity contribution is 5.97. The number of carbonyl (C=O) groups is 1. The van der Waals surface area contributed by atoms with Gasteiger partial charge in [-0.2, -0.15) is 0 Å². The van der Waals surface area contributed by atoms with E-state index >= 15 is 0 Å². The van der Waals surface area contributed by atoms with E-state index in [1.54, 1.807) is 7.11 Å². The Morgan fingerprint density at radius 3 is 2.94 bits per heavy atom.